The van der Waals surface area contributed by atoms with Crippen LogP contribution in [-0.4, -0.2) is 38.6 Å². The zero-order chi connectivity index (χ0) is 26.8. The van der Waals surface area contributed by atoms with Crippen LogP contribution in [0.4, 0.5) is 11.5 Å². The molecule has 1 atom stereocenters. The number of aromatic nitrogens is 2. The first-order chi connectivity index (χ1) is 18.3. The summed E-state index contributed by atoms with van der Waals surface area (Å²) in [4.78, 5) is 50.1. The Kier molecular flexibility index (Phi) is 7.42. The Morgan fingerprint density at radius 1 is 1.08 bits per heavy atom. The molecule has 2 N–H and O–H groups in total. The maximum Gasteiger partial charge on any atom is 0.267 e. The van der Waals surface area contributed by atoms with Crippen molar-refractivity contribution in [3.63, 3.8) is 0 Å². The minimum absolute atomic E-state index is 0.0831. The number of hydrogen-bond acceptors (Lipinski definition) is 6. The number of aryl methyl sites for hydroxylation is 1. The van der Waals surface area contributed by atoms with E-state index in [0.29, 0.717) is 32.0 Å². The number of benzene rings is 1. The summed E-state index contributed by atoms with van der Waals surface area (Å²) < 4.78 is 0.397. The van der Waals surface area contributed by atoms with E-state index in [1.165, 1.54) is 4.90 Å². The maximum atomic E-state index is 13.7. The van der Waals surface area contributed by atoms with Gasteiger partial charge in [-0.05, 0) is 60.5 Å². The summed E-state index contributed by atoms with van der Waals surface area (Å²) in [7, 11) is 0. The van der Waals surface area contributed by atoms with E-state index in [0.717, 1.165) is 16.9 Å². The highest BCUT2D eigenvalue weighted by Crippen LogP contribution is 2.35. The number of anilines is 2. The van der Waals surface area contributed by atoms with Crippen molar-refractivity contribution in [3.8, 4) is 0 Å². The van der Waals surface area contributed by atoms with Crippen molar-refractivity contribution >= 4 is 63.8 Å². The number of carbonyl (C=O) groups excluding carboxylic acids is 3. The van der Waals surface area contributed by atoms with E-state index in [-0.39, 0.29) is 35.4 Å². The van der Waals surface area contributed by atoms with Crippen LogP contribution in [0.1, 0.15) is 36.9 Å². The predicted octanol–water partition coefficient (Wildman–Crippen LogP) is 5.61. The van der Waals surface area contributed by atoms with Crippen LogP contribution in [0.5, 0.6) is 0 Å². The van der Waals surface area contributed by atoms with Crippen molar-refractivity contribution in [1.29, 1.82) is 0 Å². The number of amides is 3. The van der Waals surface area contributed by atoms with Crippen molar-refractivity contribution in [2.75, 3.05) is 10.6 Å². The van der Waals surface area contributed by atoms with Gasteiger partial charge in [0.1, 0.15) is 16.7 Å². The quantitative estimate of drug-likeness (QED) is 0.316. The smallest absolute Gasteiger partial charge is 0.267 e. The molecule has 3 amide bonds. The molecule has 0 spiro atoms. The summed E-state index contributed by atoms with van der Waals surface area (Å²) in [5, 5.41) is 5.78. The van der Waals surface area contributed by atoms with E-state index in [9.17, 15) is 14.4 Å². The Hall–Kier alpha value is -3.79. The van der Waals surface area contributed by atoms with Crippen molar-refractivity contribution < 1.29 is 14.4 Å². The normalized spacial score (nSPS) is 15.0. The molecule has 1 aliphatic heterocycles. The van der Waals surface area contributed by atoms with Crippen molar-refractivity contribution in [2.24, 2.45) is 0 Å². The van der Waals surface area contributed by atoms with E-state index in [1.54, 1.807) is 54.9 Å². The molecule has 0 saturated carbocycles. The highest BCUT2D eigenvalue weighted by molar-refractivity contribution is 7.18. The Balaban J connectivity index is 1.43. The van der Waals surface area contributed by atoms with Crippen LogP contribution in [0.25, 0.3) is 0 Å². The van der Waals surface area contributed by atoms with Gasteiger partial charge >= 0.3 is 0 Å². The van der Waals surface area contributed by atoms with Gasteiger partial charge in [0.05, 0.1) is 20.6 Å². The Morgan fingerprint density at radius 2 is 1.92 bits per heavy atom. The first-order valence-electron chi connectivity index (χ1n) is 11.6. The van der Waals surface area contributed by atoms with E-state index in [1.807, 2.05) is 19.1 Å². The molecule has 192 valence electrons. The molecule has 4 heterocycles. The fourth-order valence-corrected chi connectivity index (χ4v) is 5.60. The highest BCUT2D eigenvalue weighted by Gasteiger charge is 2.37. The lowest BCUT2D eigenvalue weighted by molar-refractivity contribution is -0.120. The molecule has 0 fully saturated rings. The molecule has 38 heavy (non-hydrogen) atoms. The topological polar surface area (TPSA) is 104 Å². The van der Waals surface area contributed by atoms with Gasteiger partial charge in [-0.15, -0.1) is 11.3 Å². The van der Waals surface area contributed by atoms with Gasteiger partial charge in [0, 0.05) is 31.1 Å². The lowest BCUT2D eigenvalue weighted by Gasteiger charge is -2.28. The predicted molar refractivity (Wildman–Crippen MR) is 148 cm³/mol. The third-order valence-electron chi connectivity index (χ3n) is 6.01. The van der Waals surface area contributed by atoms with Crippen LogP contribution in [-0.2, 0) is 17.8 Å². The lowest BCUT2D eigenvalue weighted by atomic mass is 10.1. The highest BCUT2D eigenvalue weighted by atomic mass is 35.5. The molecule has 1 aliphatic rings. The standard InChI is InChI=1S/C27H21Cl2N5O3S/c1-15-7-9-31-23(10-15)33-25(35)18-6-5-16(11-19(18)28)14-34-21(12-17-4-2-3-8-30-17)26(36)32-20-13-22(29)38-24(20)27(34)37/h2-11,13,21H,12,14H2,1H3,(H,32,36)(H,31,33,35). The molecule has 0 aliphatic carbocycles. The van der Waals surface area contributed by atoms with Crippen molar-refractivity contribution in [2.45, 2.75) is 25.9 Å². The molecule has 1 aromatic carbocycles. The second-order valence-electron chi connectivity index (χ2n) is 8.74. The van der Waals surface area contributed by atoms with Gasteiger partial charge in [-0.1, -0.05) is 35.3 Å². The van der Waals surface area contributed by atoms with E-state index < -0.39 is 11.9 Å². The second kappa shape index (κ2) is 10.9. The number of hydrogen-bond donors (Lipinski definition) is 2. The number of nitrogens with zero attached hydrogens (tertiary/aromatic N) is 3. The Bertz CT molecular complexity index is 1540. The van der Waals surface area contributed by atoms with Gasteiger partial charge in [-0.3, -0.25) is 19.4 Å². The zero-order valence-electron chi connectivity index (χ0n) is 20.1. The fraction of sp³-hybridized carbons (Fsp3) is 0.148. The molecule has 0 radical (unpaired) electrons. The van der Waals surface area contributed by atoms with E-state index in [2.05, 4.69) is 20.6 Å². The van der Waals surface area contributed by atoms with Crippen LogP contribution >= 0.6 is 34.5 Å². The molecule has 5 rings (SSSR count). The van der Waals surface area contributed by atoms with E-state index >= 15 is 0 Å². The first kappa shape index (κ1) is 25.8. The monoisotopic (exact) mass is 565 g/mol. The average molecular weight is 566 g/mol. The molecule has 11 heteroatoms. The third kappa shape index (κ3) is 5.55. The molecule has 1 unspecified atom stereocenters. The Morgan fingerprint density at radius 3 is 2.66 bits per heavy atom. The summed E-state index contributed by atoms with van der Waals surface area (Å²) in [6, 6.07) is 14.7. The SMILES string of the molecule is Cc1ccnc(NC(=O)c2ccc(CN3C(=O)c4sc(Cl)cc4NC(=O)C3Cc3ccccn3)cc2Cl)c1. The van der Waals surface area contributed by atoms with Gasteiger partial charge in [0.15, 0.2) is 0 Å². The number of fused-ring (bicyclic) bond motifs is 1. The minimum Gasteiger partial charge on any atom is -0.323 e. The van der Waals surface area contributed by atoms with Crippen LogP contribution in [0, 0.1) is 6.92 Å². The van der Waals surface area contributed by atoms with Gasteiger partial charge in [0.2, 0.25) is 5.91 Å². The van der Waals surface area contributed by atoms with Crippen molar-refractivity contribution in [3.05, 3.63) is 104 Å². The maximum absolute atomic E-state index is 13.7. The van der Waals surface area contributed by atoms with Crippen molar-refractivity contribution in [1.82, 2.24) is 14.9 Å². The van der Waals surface area contributed by atoms with Crippen LogP contribution in [0.15, 0.2) is 67.0 Å². The second-order valence-corrected chi connectivity index (χ2v) is 10.8. The summed E-state index contributed by atoms with van der Waals surface area (Å²) in [5.41, 5.74) is 2.93. The first-order valence-corrected chi connectivity index (χ1v) is 13.2. The third-order valence-corrected chi connectivity index (χ3v) is 7.58. The molecular formula is C27H21Cl2N5O3S. The summed E-state index contributed by atoms with van der Waals surface area (Å²) in [6.07, 6.45) is 3.47. The lowest BCUT2D eigenvalue weighted by Crippen LogP contribution is -2.46. The molecule has 0 saturated heterocycles. The van der Waals surface area contributed by atoms with Crippen LogP contribution in [0.3, 0.4) is 0 Å². The molecule has 4 aromatic rings. The number of nitrogens with one attached hydrogen (secondary N) is 2. The zero-order valence-corrected chi connectivity index (χ0v) is 22.4. The Labute approximate surface area is 232 Å². The number of thiophene rings is 1. The van der Waals surface area contributed by atoms with Gasteiger partial charge in [-0.25, -0.2) is 4.98 Å². The number of halogens is 2. The summed E-state index contributed by atoms with van der Waals surface area (Å²) in [5.74, 6) is -0.667. The van der Waals surface area contributed by atoms with Crippen LogP contribution < -0.4 is 10.6 Å². The van der Waals surface area contributed by atoms with Gasteiger partial charge in [0.25, 0.3) is 11.8 Å². The molecule has 8 nitrogen and oxygen atoms in total. The van der Waals surface area contributed by atoms with Gasteiger partial charge < -0.3 is 15.5 Å². The average Bonchev–Trinajstić information content (AvgIpc) is 3.22. The summed E-state index contributed by atoms with van der Waals surface area (Å²) >= 11 is 13.8. The largest absolute Gasteiger partial charge is 0.323 e. The van der Waals surface area contributed by atoms with E-state index in [4.69, 9.17) is 23.2 Å². The summed E-state index contributed by atoms with van der Waals surface area (Å²) in [6.45, 7) is 1.98. The number of pyridine rings is 2. The van der Waals surface area contributed by atoms with Crippen LogP contribution in [0.2, 0.25) is 9.36 Å². The molecule has 3 aromatic heterocycles. The minimum atomic E-state index is -0.829. The molecule has 0 bridgehead atoms. The fourth-order valence-electron chi connectivity index (χ4n) is 4.17. The number of carbonyl (C=O) groups is 3. The molecular weight excluding hydrogens is 545 g/mol. The number of rotatable bonds is 6. The van der Waals surface area contributed by atoms with Gasteiger partial charge in [-0.2, -0.15) is 0 Å².